The maximum Gasteiger partial charge on any atom is 0.129 e. The highest BCUT2D eigenvalue weighted by Crippen LogP contribution is 2.33. The predicted molar refractivity (Wildman–Crippen MR) is 92.3 cm³/mol. The molecule has 110 valence electrons. The largest absolute Gasteiger partial charge is 0.353 e. The molecule has 0 amide bonds. The lowest BCUT2D eigenvalue weighted by molar-refractivity contribution is 0.390. The third kappa shape index (κ3) is 2.57. The molecule has 2 heterocycles. The first kappa shape index (κ1) is 13.3. The van der Waals surface area contributed by atoms with Crippen molar-refractivity contribution >= 4 is 17.1 Å². The lowest BCUT2D eigenvalue weighted by Gasteiger charge is -2.32. The number of nitrogens with zero attached hydrogens (tertiary/aromatic N) is 2. The molecule has 1 saturated heterocycles. The van der Waals surface area contributed by atoms with Gasteiger partial charge in [0.05, 0.1) is 5.69 Å². The summed E-state index contributed by atoms with van der Waals surface area (Å²) in [6.45, 7) is 1.13. The molecule has 0 spiro atoms. The molecule has 0 aliphatic carbocycles. The van der Waals surface area contributed by atoms with Gasteiger partial charge in [-0.25, -0.2) is 4.99 Å². The maximum atomic E-state index is 4.90. The zero-order valence-electron chi connectivity index (χ0n) is 12.7. The van der Waals surface area contributed by atoms with Crippen LogP contribution < -0.4 is 0 Å². The molecule has 0 bridgehead atoms. The van der Waals surface area contributed by atoms with E-state index in [0.717, 1.165) is 24.5 Å². The molecule has 4 rings (SSSR count). The highest BCUT2D eigenvalue weighted by Gasteiger charge is 2.31. The third-order valence-electron chi connectivity index (χ3n) is 4.57. The Balaban J connectivity index is 1.75. The molecule has 2 aromatic carbocycles. The van der Waals surface area contributed by atoms with Crippen LogP contribution in [0.3, 0.4) is 0 Å². The van der Waals surface area contributed by atoms with Crippen LogP contribution in [0.4, 0.5) is 5.69 Å². The summed E-state index contributed by atoms with van der Waals surface area (Å²) >= 11 is 0. The second-order valence-electron chi connectivity index (χ2n) is 6.03. The number of fused-ring (bicyclic) bond motifs is 1. The molecule has 1 atom stereocenters. The van der Waals surface area contributed by atoms with Crippen molar-refractivity contribution in [1.29, 1.82) is 0 Å². The van der Waals surface area contributed by atoms with E-state index in [1.165, 1.54) is 24.0 Å². The van der Waals surface area contributed by atoms with Gasteiger partial charge in [0.1, 0.15) is 5.84 Å². The Labute approximate surface area is 131 Å². The lowest BCUT2D eigenvalue weighted by Crippen LogP contribution is -2.37. The molecule has 0 radical (unpaired) electrons. The first-order chi connectivity index (χ1) is 10.9. The number of hydrogen-bond acceptors (Lipinski definition) is 1. The van der Waals surface area contributed by atoms with Gasteiger partial charge >= 0.3 is 0 Å². The summed E-state index contributed by atoms with van der Waals surface area (Å²) in [5.74, 6) is 1.12. The van der Waals surface area contributed by atoms with Crippen LogP contribution in [0.1, 0.15) is 24.8 Å². The minimum absolute atomic E-state index is 0.614. The smallest absolute Gasteiger partial charge is 0.129 e. The van der Waals surface area contributed by atoms with E-state index in [4.69, 9.17) is 4.99 Å². The van der Waals surface area contributed by atoms with Gasteiger partial charge in [-0.15, -0.1) is 0 Å². The standard InChI is InChI=1S/C20H20N2/c1-3-8-16(9-4-1)17-14-19-12-7-13-22(19)20(15-17)21-18-10-5-2-6-11-18/h1-6,8-11,15,19H,7,12-14H2/t19-/m0/s1. The molecule has 1 fully saturated rings. The van der Waals surface area contributed by atoms with Gasteiger partial charge in [-0.3, -0.25) is 0 Å². The number of amidine groups is 1. The molecule has 0 saturated carbocycles. The zero-order valence-corrected chi connectivity index (χ0v) is 12.7. The average molecular weight is 288 g/mol. The molecule has 22 heavy (non-hydrogen) atoms. The van der Waals surface area contributed by atoms with Crippen molar-refractivity contribution < 1.29 is 0 Å². The van der Waals surface area contributed by atoms with Gasteiger partial charge in [-0.05, 0) is 48.6 Å². The Kier molecular flexibility index (Phi) is 3.51. The Hall–Kier alpha value is -2.35. The lowest BCUT2D eigenvalue weighted by atomic mass is 9.94. The Morgan fingerprint density at radius 3 is 2.41 bits per heavy atom. The highest BCUT2D eigenvalue weighted by molar-refractivity contribution is 6.02. The van der Waals surface area contributed by atoms with Crippen molar-refractivity contribution in [3.05, 3.63) is 72.3 Å². The van der Waals surface area contributed by atoms with E-state index in [1.54, 1.807) is 0 Å². The van der Waals surface area contributed by atoms with Crippen LogP contribution in [0.5, 0.6) is 0 Å². The van der Waals surface area contributed by atoms with Gasteiger partial charge in [0, 0.05) is 12.6 Å². The van der Waals surface area contributed by atoms with Crippen molar-refractivity contribution in [2.24, 2.45) is 4.99 Å². The molecule has 2 aliphatic heterocycles. The first-order valence-electron chi connectivity index (χ1n) is 8.06. The molecule has 2 heteroatoms. The number of benzene rings is 2. The molecule has 2 aromatic rings. The molecule has 2 nitrogen and oxygen atoms in total. The van der Waals surface area contributed by atoms with E-state index in [9.17, 15) is 0 Å². The summed E-state index contributed by atoms with van der Waals surface area (Å²) in [6.07, 6.45) is 5.97. The predicted octanol–water partition coefficient (Wildman–Crippen LogP) is 4.67. The molecule has 0 aromatic heterocycles. The minimum Gasteiger partial charge on any atom is -0.353 e. The summed E-state index contributed by atoms with van der Waals surface area (Å²) in [7, 11) is 0. The van der Waals surface area contributed by atoms with Crippen molar-refractivity contribution in [2.75, 3.05) is 6.54 Å². The van der Waals surface area contributed by atoms with Crippen LogP contribution >= 0.6 is 0 Å². The third-order valence-corrected chi connectivity index (χ3v) is 4.57. The van der Waals surface area contributed by atoms with Crippen LogP contribution in [-0.4, -0.2) is 23.3 Å². The zero-order chi connectivity index (χ0) is 14.8. The SMILES string of the molecule is C1=C(c2ccccc2)C[C@@H]2CCCN2C1=Nc1ccccc1. The maximum absolute atomic E-state index is 4.90. The van der Waals surface area contributed by atoms with Crippen LogP contribution in [0.25, 0.3) is 5.57 Å². The molecular formula is C20H20N2. The van der Waals surface area contributed by atoms with Gasteiger partial charge in [-0.1, -0.05) is 48.5 Å². The van der Waals surface area contributed by atoms with Gasteiger partial charge in [0.2, 0.25) is 0 Å². The number of rotatable bonds is 2. The van der Waals surface area contributed by atoms with Crippen molar-refractivity contribution in [1.82, 2.24) is 4.90 Å². The quantitative estimate of drug-likeness (QED) is 0.784. The summed E-state index contributed by atoms with van der Waals surface area (Å²) in [5, 5.41) is 0. The molecular weight excluding hydrogens is 268 g/mol. The number of aliphatic imine (C=N–C) groups is 1. The molecule has 2 aliphatic rings. The van der Waals surface area contributed by atoms with Gasteiger partial charge < -0.3 is 4.90 Å². The van der Waals surface area contributed by atoms with Crippen molar-refractivity contribution in [3.63, 3.8) is 0 Å². The Morgan fingerprint density at radius 2 is 1.64 bits per heavy atom. The van der Waals surface area contributed by atoms with E-state index in [0.29, 0.717) is 6.04 Å². The second-order valence-corrected chi connectivity index (χ2v) is 6.03. The van der Waals surface area contributed by atoms with E-state index < -0.39 is 0 Å². The van der Waals surface area contributed by atoms with E-state index in [2.05, 4.69) is 53.4 Å². The minimum atomic E-state index is 0.614. The Bertz CT molecular complexity index is 701. The topological polar surface area (TPSA) is 15.6 Å². The summed E-state index contributed by atoms with van der Waals surface area (Å²) < 4.78 is 0. The van der Waals surface area contributed by atoms with Crippen LogP contribution in [0.2, 0.25) is 0 Å². The summed E-state index contributed by atoms with van der Waals surface area (Å²) in [4.78, 5) is 7.39. The fourth-order valence-electron chi connectivity index (χ4n) is 3.49. The second kappa shape index (κ2) is 5.80. The van der Waals surface area contributed by atoms with Gasteiger partial charge in [0.15, 0.2) is 0 Å². The first-order valence-corrected chi connectivity index (χ1v) is 8.06. The number of para-hydroxylation sites is 1. The van der Waals surface area contributed by atoms with E-state index >= 15 is 0 Å². The van der Waals surface area contributed by atoms with Gasteiger partial charge in [0.25, 0.3) is 0 Å². The van der Waals surface area contributed by atoms with E-state index in [-0.39, 0.29) is 0 Å². The summed E-state index contributed by atoms with van der Waals surface area (Å²) in [6, 6.07) is 21.6. The Morgan fingerprint density at radius 1 is 0.909 bits per heavy atom. The summed E-state index contributed by atoms with van der Waals surface area (Å²) in [5.41, 5.74) is 3.78. The fourth-order valence-corrected chi connectivity index (χ4v) is 3.49. The molecule has 0 unspecified atom stereocenters. The normalized spacial score (nSPS) is 22.5. The van der Waals surface area contributed by atoms with Crippen LogP contribution in [-0.2, 0) is 0 Å². The van der Waals surface area contributed by atoms with Crippen molar-refractivity contribution in [2.45, 2.75) is 25.3 Å². The van der Waals surface area contributed by atoms with Gasteiger partial charge in [-0.2, -0.15) is 0 Å². The average Bonchev–Trinajstić information content (AvgIpc) is 3.05. The monoisotopic (exact) mass is 288 g/mol. The van der Waals surface area contributed by atoms with Crippen LogP contribution in [0, 0.1) is 0 Å². The highest BCUT2D eigenvalue weighted by atomic mass is 15.2. The van der Waals surface area contributed by atoms with Crippen molar-refractivity contribution in [3.8, 4) is 0 Å². The fraction of sp³-hybridized carbons (Fsp3) is 0.250. The number of hydrogen-bond donors (Lipinski definition) is 0. The van der Waals surface area contributed by atoms with Crippen LogP contribution in [0.15, 0.2) is 71.7 Å². The van der Waals surface area contributed by atoms with E-state index in [1.807, 2.05) is 18.2 Å². The molecule has 0 N–H and O–H groups in total.